The summed E-state index contributed by atoms with van der Waals surface area (Å²) < 4.78 is 73.4. The predicted octanol–water partition coefficient (Wildman–Crippen LogP) is 13.2. The Morgan fingerprint density at radius 3 is 1.30 bits per heavy atom. The summed E-state index contributed by atoms with van der Waals surface area (Å²) in [7, 11) is 0. The van der Waals surface area contributed by atoms with E-state index in [9.17, 15) is 18.7 Å². The quantitative estimate of drug-likeness (QED) is 0.0556. The van der Waals surface area contributed by atoms with Crippen molar-refractivity contribution in [3.05, 3.63) is 243 Å². The largest absolute Gasteiger partial charge is 0.508 e. The van der Waals surface area contributed by atoms with Crippen LogP contribution in [0, 0.1) is 11.6 Å². The number of epoxide rings is 1. The molecule has 0 saturated carbocycles. The molecule has 1 heterocycles. The average Bonchev–Trinajstić information content (AvgIpc) is 4.18. The number of phenols is 1. The molecule has 9 rings (SSSR count). The molecule has 1 fully saturated rings. The van der Waals surface area contributed by atoms with E-state index in [0.717, 1.165) is 22.3 Å². The minimum Gasteiger partial charge on any atom is -0.508 e. The molecule has 0 radical (unpaired) electrons. The lowest BCUT2D eigenvalue weighted by atomic mass is 10.00. The summed E-state index contributed by atoms with van der Waals surface area (Å²) in [5, 5.41) is 9.99. The van der Waals surface area contributed by atoms with E-state index in [1.54, 1.807) is 66.7 Å². The highest BCUT2D eigenvalue weighted by Crippen LogP contribution is 2.54. The smallest absolute Gasteiger partial charge is 0.203 e. The first-order valence-electron chi connectivity index (χ1n) is 22.1. The minimum absolute atomic E-state index is 0.0176. The molecule has 1 N–H and O–H groups in total. The van der Waals surface area contributed by atoms with Crippen LogP contribution in [-0.2, 0) is 44.4 Å². The number of hydrogen-bond acceptors (Lipinski definition) is 9. The molecule has 0 bridgehead atoms. The van der Waals surface area contributed by atoms with Crippen LogP contribution in [0.5, 0.6) is 40.2 Å². The van der Waals surface area contributed by atoms with Crippen LogP contribution in [0.25, 0.3) is 0 Å². The number of Topliss-reactive ketones (excluding diaryl/α,β-unsaturated/α-hetero) is 1. The van der Waals surface area contributed by atoms with E-state index >= 15 is 0 Å². The van der Waals surface area contributed by atoms with Crippen LogP contribution in [0.1, 0.15) is 55.4 Å². The first-order chi connectivity index (χ1) is 33.7. The van der Waals surface area contributed by atoms with Crippen LogP contribution < -0.4 is 28.4 Å². The summed E-state index contributed by atoms with van der Waals surface area (Å²) in [6.07, 6.45) is -1.90. The number of ketones is 1. The maximum atomic E-state index is 14.9. The summed E-state index contributed by atoms with van der Waals surface area (Å²) >= 11 is 3.74. The van der Waals surface area contributed by atoms with Crippen LogP contribution >= 0.6 is 15.9 Å². The third-order valence-electron chi connectivity index (χ3n) is 11.2. The van der Waals surface area contributed by atoms with Gasteiger partial charge in [0.15, 0.2) is 23.4 Å². The number of carbonyl (C=O) groups is 1. The fourth-order valence-electron chi connectivity index (χ4n) is 7.44. The molecule has 0 spiro atoms. The highest BCUT2D eigenvalue weighted by atomic mass is 79.9. The Balaban J connectivity index is 1.09. The fraction of sp³-hybridized carbons (Fsp3) is 0.140. The number of ether oxygens (including phenoxy) is 7. The molecule has 2 atom stereocenters. The fourth-order valence-corrected chi connectivity index (χ4v) is 8.00. The molecular formula is C57H45BrF2O9. The van der Waals surface area contributed by atoms with Crippen LogP contribution in [0.4, 0.5) is 8.78 Å². The number of halogens is 3. The molecule has 348 valence electrons. The highest BCUT2D eigenvalue weighted by Gasteiger charge is 2.50. The van der Waals surface area contributed by atoms with Crippen molar-refractivity contribution >= 4 is 21.7 Å². The number of benzene rings is 8. The van der Waals surface area contributed by atoms with Crippen molar-refractivity contribution in [2.45, 2.75) is 51.8 Å². The van der Waals surface area contributed by atoms with E-state index in [0.29, 0.717) is 44.2 Å². The topological polar surface area (TPSA) is 105 Å². The number of hydrogen-bond donors (Lipinski definition) is 1. The zero-order valence-electron chi connectivity index (χ0n) is 37.1. The highest BCUT2D eigenvalue weighted by molar-refractivity contribution is 9.10. The summed E-state index contributed by atoms with van der Waals surface area (Å²) in [6, 6.07) is 52.5. The van der Waals surface area contributed by atoms with Crippen LogP contribution in [0.3, 0.4) is 0 Å². The lowest BCUT2D eigenvalue weighted by Crippen LogP contribution is -2.12. The van der Waals surface area contributed by atoms with Crippen LogP contribution in [0.2, 0.25) is 0 Å². The van der Waals surface area contributed by atoms with Gasteiger partial charge in [-0.1, -0.05) is 127 Å². The third-order valence-corrected chi connectivity index (χ3v) is 11.9. The number of phenolic OH excluding ortho intramolecular Hbond substituents is 1. The van der Waals surface area contributed by atoms with Crippen LogP contribution in [-0.4, -0.2) is 17.0 Å². The Bertz CT molecular complexity index is 2910. The molecule has 1 saturated heterocycles. The molecule has 8 aromatic carbocycles. The molecule has 0 aliphatic carbocycles. The van der Waals surface area contributed by atoms with Crippen molar-refractivity contribution in [1.29, 1.82) is 0 Å². The second-order valence-electron chi connectivity index (χ2n) is 16.2. The van der Waals surface area contributed by atoms with E-state index in [-0.39, 0.29) is 74.1 Å². The van der Waals surface area contributed by atoms with Gasteiger partial charge in [-0.15, -0.1) is 0 Å². The Morgan fingerprint density at radius 1 is 0.464 bits per heavy atom. The molecule has 9 nitrogen and oxygen atoms in total. The van der Waals surface area contributed by atoms with E-state index in [1.165, 1.54) is 24.3 Å². The van der Waals surface area contributed by atoms with Gasteiger partial charge in [0.2, 0.25) is 5.75 Å². The van der Waals surface area contributed by atoms with E-state index < -0.39 is 18.0 Å². The monoisotopic (exact) mass is 990 g/mol. The average molecular weight is 992 g/mol. The number of aromatic hydroxyl groups is 1. The van der Waals surface area contributed by atoms with Crippen molar-refractivity contribution in [3.63, 3.8) is 0 Å². The van der Waals surface area contributed by atoms with Crippen LogP contribution in [0.15, 0.2) is 186 Å². The van der Waals surface area contributed by atoms with Crippen molar-refractivity contribution in [1.82, 2.24) is 0 Å². The lowest BCUT2D eigenvalue weighted by molar-refractivity contribution is 0.0952. The van der Waals surface area contributed by atoms with Crippen molar-refractivity contribution in [2.24, 2.45) is 0 Å². The van der Waals surface area contributed by atoms with Crippen molar-refractivity contribution in [3.8, 4) is 40.2 Å². The van der Waals surface area contributed by atoms with Gasteiger partial charge in [0.05, 0.1) is 5.56 Å². The second-order valence-corrected chi connectivity index (χ2v) is 17.0. The molecule has 0 amide bonds. The van der Waals surface area contributed by atoms with Crippen molar-refractivity contribution < 1.29 is 51.8 Å². The maximum absolute atomic E-state index is 14.9. The summed E-state index contributed by atoms with van der Waals surface area (Å²) in [5.74, 6) is 0.766. The number of rotatable bonds is 21. The standard InChI is InChI=1S/C57H45BrF2O9/c58-52-48(64-34-41-18-24-45(60)25-19-41)30-47(63-33-40-16-22-44(59)23-17-40)51(55(52)68-36-42-20-26-46(61)27-21-42)56-57(69-56)53(62)43-28-49(65-31-37-10-4-1-5-11-37)54(67-35-39-14-8-3-9-15-39)50(29-43)66-32-38-12-6-2-7-13-38/h1-30,56-57,61H,31-36H2. The second kappa shape index (κ2) is 22.0. The van der Waals surface area contributed by atoms with Gasteiger partial charge < -0.3 is 38.3 Å². The molecule has 12 heteroatoms. The van der Waals surface area contributed by atoms with Gasteiger partial charge in [-0.2, -0.15) is 0 Å². The Morgan fingerprint density at radius 2 is 0.841 bits per heavy atom. The van der Waals surface area contributed by atoms with Gasteiger partial charge in [-0.3, -0.25) is 4.79 Å². The molecule has 1 aliphatic rings. The van der Waals surface area contributed by atoms with Crippen molar-refractivity contribution in [2.75, 3.05) is 0 Å². The maximum Gasteiger partial charge on any atom is 0.203 e. The summed E-state index contributed by atoms with van der Waals surface area (Å²) in [4.78, 5) is 14.9. The number of carbonyl (C=O) groups excluding carboxylic acids is 1. The Kier molecular flexibility index (Phi) is 14.8. The predicted molar refractivity (Wildman–Crippen MR) is 259 cm³/mol. The Labute approximate surface area is 406 Å². The van der Waals surface area contributed by atoms with Gasteiger partial charge in [-0.25, -0.2) is 8.78 Å². The Hall–Kier alpha value is -7.67. The van der Waals surface area contributed by atoms with Gasteiger partial charge in [-0.05, 0) is 97.8 Å². The molecule has 69 heavy (non-hydrogen) atoms. The summed E-state index contributed by atoms with van der Waals surface area (Å²) in [5.41, 5.74) is 5.53. The first-order valence-corrected chi connectivity index (χ1v) is 22.9. The van der Waals surface area contributed by atoms with Gasteiger partial charge in [0, 0.05) is 11.6 Å². The van der Waals surface area contributed by atoms with Gasteiger partial charge in [0.1, 0.15) is 84.9 Å². The molecule has 2 unspecified atom stereocenters. The van der Waals surface area contributed by atoms with E-state index in [1.807, 2.05) is 91.0 Å². The van der Waals surface area contributed by atoms with Gasteiger partial charge >= 0.3 is 0 Å². The van der Waals surface area contributed by atoms with E-state index in [2.05, 4.69) is 15.9 Å². The minimum atomic E-state index is -1.02. The van der Waals surface area contributed by atoms with E-state index in [4.69, 9.17) is 33.2 Å². The summed E-state index contributed by atoms with van der Waals surface area (Å²) in [6.45, 7) is 0.705. The molecular weight excluding hydrogens is 947 g/mol. The zero-order valence-corrected chi connectivity index (χ0v) is 38.7. The molecule has 1 aliphatic heterocycles. The van der Waals surface area contributed by atoms with Gasteiger partial charge in [0.25, 0.3) is 0 Å². The zero-order chi connectivity index (χ0) is 47.5. The SMILES string of the molecule is O=C(c1cc(OCc2ccccc2)c(OCc2ccccc2)c(OCc2ccccc2)c1)C1OC1c1c(OCc2ccc(F)cc2)cc(OCc2ccc(F)cc2)c(Br)c1OCc1ccc(O)cc1. The third kappa shape index (κ3) is 12.1. The molecule has 0 aromatic heterocycles. The lowest BCUT2D eigenvalue weighted by Gasteiger charge is -2.20. The molecule has 8 aromatic rings. The normalized spacial score (nSPS) is 13.8. The first kappa shape index (κ1) is 46.4.